The molecule has 8 N–H and O–H groups in total. The zero-order valence-corrected chi connectivity index (χ0v) is 29.1. The molecule has 0 atom stereocenters. The molecule has 0 bridgehead atoms. The molecular formula is C42H40N4O8. The van der Waals surface area contributed by atoms with E-state index in [9.17, 15) is 19.2 Å². The van der Waals surface area contributed by atoms with Crippen molar-refractivity contribution in [2.24, 2.45) is 0 Å². The van der Waals surface area contributed by atoms with Crippen molar-refractivity contribution in [1.82, 2.24) is 0 Å². The highest BCUT2D eigenvalue weighted by atomic mass is 16.4. The van der Waals surface area contributed by atoms with Gasteiger partial charge in [0.15, 0.2) is 0 Å². The third kappa shape index (κ3) is 14.5. The van der Waals surface area contributed by atoms with Crippen molar-refractivity contribution in [1.29, 1.82) is 0 Å². The van der Waals surface area contributed by atoms with Crippen LogP contribution < -0.4 is 21.3 Å². The number of anilines is 4. The maximum Gasteiger partial charge on any atom is 0.322 e. The molecule has 0 fully saturated rings. The third-order valence-corrected chi connectivity index (χ3v) is 7.57. The van der Waals surface area contributed by atoms with Crippen LogP contribution in [0.1, 0.15) is 22.3 Å². The van der Waals surface area contributed by atoms with Crippen molar-refractivity contribution in [2.45, 2.75) is 0 Å². The van der Waals surface area contributed by atoms with Gasteiger partial charge in [-0.05, 0) is 81.9 Å². The van der Waals surface area contributed by atoms with Gasteiger partial charge in [0.25, 0.3) is 0 Å². The van der Waals surface area contributed by atoms with Gasteiger partial charge < -0.3 is 41.7 Å². The molecule has 0 aliphatic rings. The molecule has 0 spiro atoms. The lowest BCUT2D eigenvalue weighted by atomic mass is 10.0. The molecule has 0 radical (unpaired) electrons. The molecular weight excluding hydrogens is 688 g/mol. The Morgan fingerprint density at radius 1 is 0.352 bits per heavy atom. The third-order valence-electron chi connectivity index (χ3n) is 7.57. The van der Waals surface area contributed by atoms with E-state index in [2.05, 4.69) is 21.3 Å². The SMILES string of the molecule is O=C(O)CNc1ccc(C=CC(C=Cc2ccc(NCC(=O)O)cc2)=C(C=Cc2ccc(NCC(=O)O)cc2)C=Cc2ccc(NCC(=O)O)cc2)cc1. The van der Waals surface area contributed by atoms with Crippen molar-refractivity contribution < 1.29 is 39.6 Å². The quantitative estimate of drug-likeness (QED) is 0.0430. The molecule has 0 unspecified atom stereocenters. The molecule has 0 saturated heterocycles. The Bertz CT molecular complexity index is 1750. The molecule has 0 aliphatic heterocycles. The van der Waals surface area contributed by atoms with Crippen LogP contribution in [0.5, 0.6) is 0 Å². The topological polar surface area (TPSA) is 197 Å². The summed E-state index contributed by atoms with van der Waals surface area (Å²) in [6, 6.07) is 29.4. The molecule has 0 heterocycles. The average Bonchev–Trinajstić information content (AvgIpc) is 3.16. The van der Waals surface area contributed by atoms with Crippen LogP contribution in [0, 0.1) is 0 Å². The Balaban J connectivity index is 1.73. The van der Waals surface area contributed by atoms with Gasteiger partial charge in [0.2, 0.25) is 0 Å². The number of rotatable bonds is 20. The number of aliphatic carboxylic acids is 4. The zero-order valence-electron chi connectivity index (χ0n) is 29.1. The first-order valence-corrected chi connectivity index (χ1v) is 16.7. The molecule has 4 aromatic carbocycles. The fraction of sp³-hybridized carbons (Fsp3) is 0.0952. The molecule has 12 nitrogen and oxygen atoms in total. The summed E-state index contributed by atoms with van der Waals surface area (Å²) in [6.07, 6.45) is 15.6. The summed E-state index contributed by atoms with van der Waals surface area (Å²) in [5.41, 5.74) is 7.82. The van der Waals surface area contributed by atoms with Crippen LogP contribution in [0.3, 0.4) is 0 Å². The van der Waals surface area contributed by atoms with Crippen molar-refractivity contribution in [3.63, 3.8) is 0 Å². The second-order valence-electron chi connectivity index (χ2n) is 11.7. The lowest BCUT2D eigenvalue weighted by molar-refractivity contribution is -0.135. The Labute approximate surface area is 312 Å². The van der Waals surface area contributed by atoms with Crippen molar-refractivity contribution in [3.8, 4) is 0 Å². The van der Waals surface area contributed by atoms with Gasteiger partial charge in [0.1, 0.15) is 26.2 Å². The summed E-state index contributed by atoms with van der Waals surface area (Å²) in [4.78, 5) is 43.9. The van der Waals surface area contributed by atoms with Crippen LogP contribution >= 0.6 is 0 Å². The van der Waals surface area contributed by atoms with E-state index in [4.69, 9.17) is 20.4 Å². The second-order valence-corrected chi connectivity index (χ2v) is 11.7. The number of hydrogen-bond donors (Lipinski definition) is 8. The Morgan fingerprint density at radius 3 is 0.704 bits per heavy atom. The fourth-order valence-corrected chi connectivity index (χ4v) is 4.80. The Hall–Kier alpha value is -7.34. The van der Waals surface area contributed by atoms with E-state index in [0.29, 0.717) is 22.7 Å². The Morgan fingerprint density at radius 2 is 0.537 bits per heavy atom. The summed E-state index contributed by atoms with van der Waals surface area (Å²) in [7, 11) is 0. The Kier molecular flexibility index (Phi) is 15.0. The largest absolute Gasteiger partial charge is 0.480 e. The van der Waals surface area contributed by atoms with E-state index in [1.165, 1.54) is 0 Å². The molecule has 4 rings (SSSR count). The van der Waals surface area contributed by atoms with Crippen molar-refractivity contribution in [3.05, 3.63) is 155 Å². The van der Waals surface area contributed by atoms with Crippen LogP contribution in [0.25, 0.3) is 24.3 Å². The smallest absolute Gasteiger partial charge is 0.322 e. The number of nitrogens with one attached hydrogen (secondary N) is 4. The molecule has 0 amide bonds. The van der Waals surface area contributed by atoms with Crippen molar-refractivity contribution >= 4 is 70.9 Å². The minimum atomic E-state index is -0.961. The monoisotopic (exact) mass is 728 g/mol. The van der Waals surface area contributed by atoms with Crippen molar-refractivity contribution in [2.75, 3.05) is 47.4 Å². The van der Waals surface area contributed by atoms with Crippen LogP contribution in [-0.4, -0.2) is 70.5 Å². The predicted molar refractivity (Wildman–Crippen MR) is 213 cm³/mol. The molecule has 276 valence electrons. The number of carbonyl (C=O) groups is 4. The lowest BCUT2D eigenvalue weighted by Gasteiger charge is -2.06. The van der Waals surface area contributed by atoms with Crippen LogP contribution in [0.15, 0.2) is 133 Å². The summed E-state index contributed by atoms with van der Waals surface area (Å²) in [5.74, 6) is -3.84. The number of hydrogen-bond acceptors (Lipinski definition) is 8. The number of carboxylic acid groups (broad SMARTS) is 4. The minimum Gasteiger partial charge on any atom is -0.480 e. The molecule has 0 aromatic heterocycles. The molecule has 0 saturated carbocycles. The zero-order chi connectivity index (χ0) is 38.7. The van der Waals surface area contributed by atoms with E-state index in [1.807, 2.05) is 97.1 Å². The fourth-order valence-electron chi connectivity index (χ4n) is 4.80. The molecule has 4 aromatic rings. The van der Waals surface area contributed by atoms with Crippen LogP contribution in [-0.2, 0) is 19.2 Å². The van der Waals surface area contributed by atoms with E-state index in [-0.39, 0.29) is 26.2 Å². The number of benzene rings is 4. The molecule has 0 aliphatic carbocycles. The highest BCUT2D eigenvalue weighted by molar-refractivity contribution is 5.75. The summed E-state index contributed by atoms with van der Waals surface area (Å²) in [5, 5.41) is 47.4. The van der Waals surface area contributed by atoms with Gasteiger partial charge in [0.05, 0.1) is 0 Å². The van der Waals surface area contributed by atoms with E-state index >= 15 is 0 Å². The van der Waals surface area contributed by atoms with E-state index in [1.54, 1.807) is 48.5 Å². The maximum atomic E-state index is 11.0. The highest BCUT2D eigenvalue weighted by Crippen LogP contribution is 2.21. The highest BCUT2D eigenvalue weighted by Gasteiger charge is 2.03. The van der Waals surface area contributed by atoms with Gasteiger partial charge in [-0.15, -0.1) is 0 Å². The van der Waals surface area contributed by atoms with E-state index < -0.39 is 23.9 Å². The standard InChI is InChI=1S/C42H40N4O8/c47-39(48)25-43-35-17-5-29(6-18-35)1-13-33(14-2-30-7-19-36(20-8-30)44-26-40(49)50)34(15-3-31-9-21-37(22-10-31)45-27-41(51)52)16-4-32-11-23-38(24-12-32)46-28-42(53)54/h1-24,43-46H,25-28H2,(H,47,48)(H,49,50)(H,51,52)(H,53,54). The lowest BCUT2D eigenvalue weighted by Crippen LogP contribution is -2.11. The van der Waals surface area contributed by atoms with Crippen LogP contribution in [0.4, 0.5) is 22.7 Å². The number of allylic oxidation sites excluding steroid dienone is 6. The average molecular weight is 729 g/mol. The summed E-state index contributed by atoms with van der Waals surface area (Å²) < 4.78 is 0. The van der Waals surface area contributed by atoms with Gasteiger partial charge in [0, 0.05) is 22.7 Å². The molecule has 54 heavy (non-hydrogen) atoms. The first-order chi connectivity index (χ1) is 26.0. The van der Waals surface area contributed by atoms with Crippen LogP contribution in [0.2, 0.25) is 0 Å². The van der Waals surface area contributed by atoms with Gasteiger partial charge in [-0.2, -0.15) is 0 Å². The molecule has 12 heteroatoms. The van der Waals surface area contributed by atoms with Gasteiger partial charge >= 0.3 is 23.9 Å². The van der Waals surface area contributed by atoms with E-state index in [0.717, 1.165) is 33.4 Å². The van der Waals surface area contributed by atoms with Gasteiger partial charge in [-0.3, -0.25) is 19.2 Å². The first-order valence-electron chi connectivity index (χ1n) is 16.7. The van der Waals surface area contributed by atoms with Gasteiger partial charge in [-0.25, -0.2) is 0 Å². The maximum absolute atomic E-state index is 11.0. The summed E-state index contributed by atoms with van der Waals surface area (Å²) in [6.45, 7) is -0.799. The number of carboxylic acids is 4. The first kappa shape index (κ1) is 39.4. The second kappa shape index (κ2) is 20.5. The normalized spacial score (nSPS) is 11.2. The van der Waals surface area contributed by atoms with Gasteiger partial charge in [-0.1, -0.05) is 97.1 Å². The minimum absolute atomic E-state index is 0.200. The summed E-state index contributed by atoms with van der Waals surface area (Å²) >= 11 is 0. The predicted octanol–water partition coefficient (Wildman–Crippen LogP) is 7.12.